The molecule has 2 fully saturated rings. The van der Waals surface area contributed by atoms with E-state index in [1.54, 1.807) is 4.90 Å². The first-order valence-corrected chi connectivity index (χ1v) is 11.1. The van der Waals surface area contributed by atoms with E-state index in [9.17, 15) is 18.0 Å². The lowest BCUT2D eigenvalue weighted by atomic mass is 10.2. The van der Waals surface area contributed by atoms with E-state index >= 15 is 0 Å². The number of thioether (sulfide) groups is 1. The number of amidine groups is 1. The Kier molecular flexibility index (Phi) is 5.48. The minimum atomic E-state index is -3.13. The summed E-state index contributed by atoms with van der Waals surface area (Å²) in [5.41, 5.74) is 1.76. The first-order valence-electron chi connectivity index (χ1n) is 8.43. The molecule has 1 aromatic rings. The fraction of sp³-hybridized carbons (Fsp3) is 0.471. The topological polar surface area (TPSA) is 107 Å². The second kappa shape index (κ2) is 7.51. The van der Waals surface area contributed by atoms with Crippen LogP contribution >= 0.6 is 11.8 Å². The molecule has 1 N–H and O–H groups in total. The number of sulfone groups is 1. The zero-order valence-corrected chi connectivity index (χ0v) is 16.7. The third-order valence-corrected chi connectivity index (χ3v) is 7.69. The summed E-state index contributed by atoms with van der Waals surface area (Å²) in [6.07, 6.45) is -0.459. The number of carboxylic acids is 1. The molecule has 0 aromatic heterocycles. The summed E-state index contributed by atoms with van der Waals surface area (Å²) in [4.78, 5) is 30.6. The Balaban J connectivity index is 1.90. The van der Waals surface area contributed by atoms with E-state index in [0.29, 0.717) is 5.17 Å². The molecule has 0 radical (unpaired) electrons. The third-order valence-electron chi connectivity index (χ3n) is 4.48. The molecule has 1 amide bonds. The molecule has 2 aliphatic rings. The van der Waals surface area contributed by atoms with Crippen LogP contribution in [0.25, 0.3) is 0 Å². The first-order chi connectivity index (χ1) is 12.7. The van der Waals surface area contributed by atoms with Gasteiger partial charge < -0.3 is 14.9 Å². The van der Waals surface area contributed by atoms with Crippen molar-refractivity contribution in [2.45, 2.75) is 24.1 Å². The van der Waals surface area contributed by atoms with Gasteiger partial charge >= 0.3 is 5.97 Å². The summed E-state index contributed by atoms with van der Waals surface area (Å²) in [6.45, 7) is 0. The van der Waals surface area contributed by atoms with Gasteiger partial charge in [-0.2, -0.15) is 4.99 Å². The van der Waals surface area contributed by atoms with Crippen LogP contribution in [0.1, 0.15) is 12.8 Å². The summed E-state index contributed by atoms with van der Waals surface area (Å²) in [7, 11) is 0.720. The number of anilines is 2. The van der Waals surface area contributed by atoms with Crippen molar-refractivity contribution in [2.75, 3.05) is 35.4 Å². The number of aliphatic imine (C=N–C) groups is 1. The zero-order chi connectivity index (χ0) is 19.8. The van der Waals surface area contributed by atoms with Crippen LogP contribution in [-0.4, -0.2) is 67.5 Å². The van der Waals surface area contributed by atoms with Crippen molar-refractivity contribution >= 4 is 50.0 Å². The number of carbonyl (C=O) groups excluding carboxylic acids is 1. The van der Waals surface area contributed by atoms with E-state index in [1.807, 2.05) is 43.3 Å². The van der Waals surface area contributed by atoms with Gasteiger partial charge in [0.1, 0.15) is 0 Å². The van der Waals surface area contributed by atoms with Crippen molar-refractivity contribution in [1.82, 2.24) is 0 Å². The van der Waals surface area contributed by atoms with Crippen LogP contribution < -0.4 is 9.80 Å². The minimum absolute atomic E-state index is 0.0163. The van der Waals surface area contributed by atoms with Crippen LogP contribution in [-0.2, 0) is 19.4 Å². The molecule has 0 saturated carbocycles. The van der Waals surface area contributed by atoms with Crippen molar-refractivity contribution in [2.24, 2.45) is 4.99 Å². The van der Waals surface area contributed by atoms with E-state index < -0.39 is 21.7 Å². The molecule has 2 heterocycles. The molecule has 27 heavy (non-hydrogen) atoms. The SMILES string of the molecule is CN(C)c1ccc(N2C(=NC(=O)CCC(=O)O)S[C@@H]3CS(=O)(=O)C[C@@H]32)cc1. The maximum Gasteiger partial charge on any atom is 0.303 e. The summed E-state index contributed by atoms with van der Waals surface area (Å²) in [5.74, 6) is -1.50. The smallest absolute Gasteiger partial charge is 0.303 e. The van der Waals surface area contributed by atoms with Gasteiger partial charge in [-0.25, -0.2) is 8.42 Å². The number of hydrogen-bond acceptors (Lipinski definition) is 6. The fourth-order valence-corrected chi connectivity index (χ4v) is 7.09. The van der Waals surface area contributed by atoms with Gasteiger partial charge in [0.25, 0.3) is 0 Å². The van der Waals surface area contributed by atoms with E-state index in [4.69, 9.17) is 5.11 Å². The minimum Gasteiger partial charge on any atom is -0.481 e. The molecule has 0 unspecified atom stereocenters. The van der Waals surface area contributed by atoms with E-state index in [2.05, 4.69) is 4.99 Å². The first kappa shape index (κ1) is 19.7. The molecule has 0 bridgehead atoms. The Morgan fingerprint density at radius 1 is 1.22 bits per heavy atom. The quantitative estimate of drug-likeness (QED) is 0.771. The highest BCUT2D eigenvalue weighted by Crippen LogP contribution is 2.41. The molecular formula is C17H21N3O5S2. The average Bonchev–Trinajstić information content (AvgIpc) is 3.03. The van der Waals surface area contributed by atoms with Gasteiger partial charge in [-0.05, 0) is 24.3 Å². The summed E-state index contributed by atoms with van der Waals surface area (Å²) >= 11 is 1.28. The highest BCUT2D eigenvalue weighted by molar-refractivity contribution is 8.16. The molecule has 0 spiro atoms. The molecule has 2 aliphatic heterocycles. The standard InChI is InChI=1S/C17H21N3O5S2/c1-19(2)11-3-5-12(6-4-11)20-13-9-27(24,25)10-14(13)26-17(20)18-15(21)7-8-16(22)23/h3-6,13-14H,7-10H2,1-2H3,(H,22,23)/t13-,14+/m0/s1. The number of nitrogens with zero attached hydrogens (tertiary/aromatic N) is 3. The summed E-state index contributed by atoms with van der Waals surface area (Å²) in [6, 6.07) is 7.30. The normalized spacial score (nSPS) is 24.8. The number of rotatable bonds is 5. The van der Waals surface area contributed by atoms with Gasteiger partial charge in [0.05, 0.1) is 24.0 Å². The predicted molar refractivity (Wildman–Crippen MR) is 106 cm³/mol. The number of fused-ring (bicyclic) bond motifs is 1. The van der Waals surface area contributed by atoms with Crippen molar-refractivity contribution in [3.05, 3.63) is 24.3 Å². The van der Waals surface area contributed by atoms with Crippen molar-refractivity contribution in [3.8, 4) is 0 Å². The highest BCUT2D eigenvalue weighted by atomic mass is 32.2. The van der Waals surface area contributed by atoms with Crippen LogP contribution in [0.5, 0.6) is 0 Å². The average molecular weight is 412 g/mol. The van der Waals surface area contributed by atoms with Crippen LogP contribution in [0.2, 0.25) is 0 Å². The van der Waals surface area contributed by atoms with Gasteiger partial charge in [0.2, 0.25) is 5.91 Å². The van der Waals surface area contributed by atoms with Crippen molar-refractivity contribution in [1.29, 1.82) is 0 Å². The van der Waals surface area contributed by atoms with Gasteiger partial charge in [-0.15, -0.1) is 0 Å². The number of hydrogen-bond donors (Lipinski definition) is 1. The summed E-state index contributed by atoms with van der Waals surface area (Å²) < 4.78 is 24.1. The van der Waals surface area contributed by atoms with Crippen LogP contribution in [0, 0.1) is 0 Å². The maximum atomic E-state index is 12.1. The largest absolute Gasteiger partial charge is 0.481 e. The maximum absolute atomic E-state index is 12.1. The second-order valence-electron chi connectivity index (χ2n) is 6.76. The van der Waals surface area contributed by atoms with Crippen LogP contribution in [0.4, 0.5) is 11.4 Å². The van der Waals surface area contributed by atoms with Gasteiger partial charge in [-0.1, -0.05) is 11.8 Å². The molecule has 8 nitrogen and oxygen atoms in total. The van der Waals surface area contributed by atoms with Gasteiger partial charge in [-0.3, -0.25) is 9.59 Å². The monoisotopic (exact) mass is 411 g/mol. The Morgan fingerprint density at radius 2 is 1.89 bits per heavy atom. The molecule has 2 saturated heterocycles. The Hall–Kier alpha value is -2.07. The van der Waals surface area contributed by atoms with Crippen molar-refractivity contribution in [3.63, 3.8) is 0 Å². The lowest BCUT2D eigenvalue weighted by molar-refractivity contribution is -0.138. The Labute approximate surface area is 162 Å². The fourth-order valence-electron chi connectivity index (χ4n) is 3.15. The van der Waals surface area contributed by atoms with Gasteiger partial charge in [0, 0.05) is 37.1 Å². The van der Waals surface area contributed by atoms with E-state index in [-0.39, 0.29) is 35.6 Å². The van der Waals surface area contributed by atoms with Crippen LogP contribution in [0.3, 0.4) is 0 Å². The van der Waals surface area contributed by atoms with Crippen molar-refractivity contribution < 1.29 is 23.1 Å². The number of amides is 1. The molecule has 10 heteroatoms. The number of benzene rings is 1. The third kappa shape index (κ3) is 4.44. The van der Waals surface area contributed by atoms with Crippen LogP contribution in [0.15, 0.2) is 29.3 Å². The van der Waals surface area contributed by atoms with Gasteiger partial charge in [0.15, 0.2) is 15.0 Å². The number of carbonyl (C=O) groups is 2. The number of aliphatic carboxylic acids is 1. The Morgan fingerprint density at radius 3 is 2.48 bits per heavy atom. The second-order valence-corrected chi connectivity index (χ2v) is 10.1. The Bertz CT molecular complexity index is 880. The van der Waals surface area contributed by atoms with E-state index in [0.717, 1.165) is 11.4 Å². The molecule has 2 atom stereocenters. The molecule has 0 aliphatic carbocycles. The lowest BCUT2D eigenvalue weighted by Gasteiger charge is -2.25. The zero-order valence-electron chi connectivity index (χ0n) is 15.0. The molecule has 3 rings (SSSR count). The number of carboxylic acid groups (broad SMARTS) is 1. The lowest BCUT2D eigenvalue weighted by Crippen LogP contribution is -2.37. The predicted octanol–water partition coefficient (Wildman–Crippen LogP) is 1.22. The molecular weight excluding hydrogens is 390 g/mol. The molecule has 1 aromatic carbocycles. The summed E-state index contributed by atoms with van der Waals surface area (Å²) in [5, 5.41) is 8.98. The highest BCUT2D eigenvalue weighted by Gasteiger charge is 2.49. The molecule has 146 valence electrons. The van der Waals surface area contributed by atoms with E-state index in [1.165, 1.54) is 11.8 Å².